The summed E-state index contributed by atoms with van der Waals surface area (Å²) in [6.07, 6.45) is 63.2. The van der Waals surface area contributed by atoms with Crippen molar-refractivity contribution < 1.29 is 37.3 Å². The molecular formula is C61H113N2O7P. The summed E-state index contributed by atoms with van der Waals surface area (Å²) in [4.78, 5) is 39.9. The molecule has 0 saturated heterocycles. The monoisotopic (exact) mass is 1020 g/mol. The highest BCUT2D eigenvalue weighted by Crippen LogP contribution is 2.38. The maximum Gasteiger partial charge on any atom is 0.306 e. The van der Waals surface area contributed by atoms with Crippen LogP contribution in [0.1, 0.15) is 265 Å². The molecule has 0 aromatic heterocycles. The number of phosphoric acid groups is 1. The highest BCUT2D eigenvalue weighted by Gasteiger charge is 2.27. The van der Waals surface area contributed by atoms with Gasteiger partial charge in [0.25, 0.3) is 7.82 Å². The highest BCUT2D eigenvalue weighted by atomic mass is 31.2. The molecule has 9 nitrogen and oxygen atoms in total. The third-order valence-corrected chi connectivity index (χ3v) is 13.9. The number of nitrogens with one attached hydrogen (secondary N) is 1. The van der Waals surface area contributed by atoms with Gasteiger partial charge in [-0.3, -0.25) is 14.2 Å². The Balaban J connectivity index is 5.40. The summed E-state index contributed by atoms with van der Waals surface area (Å²) in [5, 5.41) is 3.02. The lowest BCUT2D eigenvalue weighted by Gasteiger charge is -2.30. The Bertz CT molecular complexity index is 1400. The summed E-state index contributed by atoms with van der Waals surface area (Å²) >= 11 is 0. The second-order valence-corrected chi connectivity index (χ2v) is 22.6. The van der Waals surface area contributed by atoms with E-state index in [2.05, 4.69) is 74.7 Å². The van der Waals surface area contributed by atoms with Gasteiger partial charge in [-0.25, -0.2) is 0 Å². The molecule has 0 aliphatic rings. The summed E-state index contributed by atoms with van der Waals surface area (Å²) in [6, 6.07) is -0.900. The van der Waals surface area contributed by atoms with Crippen LogP contribution in [-0.2, 0) is 27.9 Å². The molecule has 0 radical (unpaired) electrons. The fourth-order valence-electron chi connectivity index (χ4n) is 8.29. The molecule has 0 aromatic rings. The quantitative estimate of drug-likeness (QED) is 0.0212. The zero-order chi connectivity index (χ0) is 52.2. The van der Waals surface area contributed by atoms with Crippen LogP contribution in [0, 0.1) is 0 Å². The number of carbonyl (C=O) groups excluding carboxylic acids is 2. The third kappa shape index (κ3) is 52.4. The summed E-state index contributed by atoms with van der Waals surface area (Å²) < 4.78 is 30.2. The number of hydrogen-bond acceptors (Lipinski definition) is 7. The van der Waals surface area contributed by atoms with Gasteiger partial charge in [0, 0.05) is 12.8 Å². The lowest BCUT2D eigenvalue weighted by atomic mass is 10.0. The molecule has 10 heteroatoms. The Hall–Kier alpha value is -2.29. The maximum absolute atomic E-state index is 13.5. The van der Waals surface area contributed by atoms with Crippen LogP contribution in [-0.4, -0.2) is 69.4 Å². The third-order valence-electron chi connectivity index (χ3n) is 12.9. The van der Waals surface area contributed by atoms with Crippen molar-refractivity contribution in [3.63, 3.8) is 0 Å². The van der Waals surface area contributed by atoms with Crippen molar-refractivity contribution >= 4 is 19.7 Å². The Labute approximate surface area is 439 Å². The van der Waals surface area contributed by atoms with Crippen molar-refractivity contribution in [3.05, 3.63) is 60.8 Å². The van der Waals surface area contributed by atoms with E-state index in [0.717, 1.165) is 89.9 Å². The van der Waals surface area contributed by atoms with Crippen LogP contribution >= 0.6 is 7.82 Å². The predicted molar refractivity (Wildman–Crippen MR) is 302 cm³/mol. The number of esters is 1. The van der Waals surface area contributed by atoms with Gasteiger partial charge in [0.15, 0.2) is 0 Å². The van der Waals surface area contributed by atoms with E-state index in [1.54, 1.807) is 0 Å². The minimum Gasteiger partial charge on any atom is -0.756 e. The van der Waals surface area contributed by atoms with E-state index in [-0.39, 0.29) is 24.9 Å². The number of hydrogen-bond donors (Lipinski definition) is 1. The molecular weight excluding hydrogens is 904 g/mol. The number of rotatable bonds is 53. The smallest absolute Gasteiger partial charge is 0.306 e. The van der Waals surface area contributed by atoms with Crippen molar-refractivity contribution in [2.75, 3.05) is 40.9 Å². The van der Waals surface area contributed by atoms with Crippen molar-refractivity contribution in [2.24, 2.45) is 0 Å². The topological polar surface area (TPSA) is 114 Å². The van der Waals surface area contributed by atoms with Crippen molar-refractivity contribution in [1.82, 2.24) is 5.32 Å². The lowest BCUT2D eigenvalue weighted by molar-refractivity contribution is -0.870. The molecule has 0 saturated carbocycles. The van der Waals surface area contributed by atoms with Crippen LogP contribution in [0.15, 0.2) is 60.8 Å². The molecule has 0 heterocycles. The van der Waals surface area contributed by atoms with Crippen LogP contribution in [0.25, 0.3) is 0 Å². The molecule has 0 spiro atoms. The first-order valence-corrected chi connectivity index (χ1v) is 31.1. The molecule has 0 fully saturated rings. The molecule has 0 rings (SSSR count). The van der Waals surface area contributed by atoms with E-state index in [1.807, 2.05) is 33.3 Å². The molecule has 71 heavy (non-hydrogen) atoms. The molecule has 0 aliphatic heterocycles. The second-order valence-electron chi connectivity index (χ2n) is 21.1. The first-order valence-electron chi connectivity index (χ1n) is 29.6. The summed E-state index contributed by atoms with van der Waals surface area (Å²) in [6.45, 7) is 6.79. The molecule has 0 bridgehead atoms. The standard InChI is InChI=1S/C61H113N2O7P/c1-7-10-13-16-19-22-25-28-30-31-33-36-39-42-45-48-51-54-61(65)70-59(52-49-46-43-40-37-34-27-24-21-18-15-12-9-3)58(57-69-71(66,67)68-56-55-63(4,5)6)62-60(64)53-50-47-44-41-38-35-32-29-26-23-20-17-14-11-8-2/h19,22-23,26,28,30,33,36,49,52,58-59H,7-18,20-21,24-25,27,29,31-32,34-35,37-48,50-51,53-57H2,1-6H3,(H-,62,64,66,67)/b22-19-,26-23-,30-28-,36-33-,52-49+. The van der Waals surface area contributed by atoms with Gasteiger partial charge in [-0.05, 0) is 96.0 Å². The lowest BCUT2D eigenvalue weighted by Crippen LogP contribution is -2.47. The van der Waals surface area contributed by atoms with Crippen LogP contribution in [0.2, 0.25) is 0 Å². The summed E-state index contributed by atoms with van der Waals surface area (Å²) in [7, 11) is 1.17. The van der Waals surface area contributed by atoms with Crippen LogP contribution in [0.3, 0.4) is 0 Å². The van der Waals surface area contributed by atoms with Gasteiger partial charge in [-0.1, -0.05) is 217 Å². The molecule has 0 aromatic carbocycles. The van der Waals surface area contributed by atoms with Gasteiger partial charge in [-0.15, -0.1) is 0 Å². The van der Waals surface area contributed by atoms with Crippen molar-refractivity contribution in [3.8, 4) is 0 Å². The van der Waals surface area contributed by atoms with E-state index >= 15 is 0 Å². The minimum absolute atomic E-state index is 0.0280. The minimum atomic E-state index is -4.70. The number of amides is 1. The molecule has 3 atom stereocenters. The Kier molecular flexibility index (Phi) is 49.6. The van der Waals surface area contributed by atoms with Gasteiger partial charge in [0.1, 0.15) is 19.3 Å². The van der Waals surface area contributed by atoms with Crippen LogP contribution in [0.4, 0.5) is 0 Å². The Morgan fingerprint density at radius 3 is 1.34 bits per heavy atom. The Morgan fingerprint density at radius 1 is 0.493 bits per heavy atom. The fourth-order valence-corrected chi connectivity index (χ4v) is 9.01. The van der Waals surface area contributed by atoms with Crippen molar-refractivity contribution in [1.29, 1.82) is 0 Å². The molecule has 1 N–H and O–H groups in total. The number of allylic oxidation sites excluding steroid dienone is 9. The van der Waals surface area contributed by atoms with Crippen LogP contribution < -0.4 is 10.2 Å². The summed E-state index contributed by atoms with van der Waals surface area (Å²) in [5.41, 5.74) is 0. The number of unbranched alkanes of at least 4 members (excludes halogenated alkanes) is 29. The number of phosphoric ester groups is 1. The first kappa shape index (κ1) is 68.7. The zero-order valence-corrected chi connectivity index (χ0v) is 48.1. The van der Waals surface area contributed by atoms with E-state index < -0.39 is 26.6 Å². The average Bonchev–Trinajstić information content (AvgIpc) is 3.33. The van der Waals surface area contributed by atoms with E-state index in [0.29, 0.717) is 23.9 Å². The highest BCUT2D eigenvalue weighted by molar-refractivity contribution is 7.45. The SMILES string of the molecule is CCCCC/C=C\C/C=C\C/C=C\CCCCCCC(=O)OC(/C=C/CCCCCCCCCCCCC)C(COP(=O)([O-])OCC[N+](C)(C)C)NC(=O)CCCCCCCCC/C=C\CCCCCC. The van der Waals surface area contributed by atoms with Crippen LogP contribution in [0.5, 0.6) is 0 Å². The number of nitrogens with zero attached hydrogens (tertiary/aromatic N) is 1. The van der Waals surface area contributed by atoms with Crippen molar-refractivity contribution in [2.45, 2.75) is 277 Å². The second kappa shape index (κ2) is 51.2. The average molecular weight is 1020 g/mol. The fraction of sp³-hybridized carbons (Fsp3) is 0.803. The van der Waals surface area contributed by atoms with E-state index in [9.17, 15) is 19.0 Å². The first-order chi connectivity index (χ1) is 34.4. The zero-order valence-electron chi connectivity index (χ0n) is 47.2. The van der Waals surface area contributed by atoms with Gasteiger partial charge in [0.05, 0.1) is 33.8 Å². The van der Waals surface area contributed by atoms with Gasteiger partial charge in [0.2, 0.25) is 5.91 Å². The number of ether oxygens (including phenoxy) is 1. The normalized spacial score (nSPS) is 14.2. The largest absolute Gasteiger partial charge is 0.756 e. The number of likely N-dealkylation sites (N-methyl/N-ethyl adjacent to an activating group) is 1. The molecule has 1 amide bonds. The number of carbonyl (C=O) groups is 2. The maximum atomic E-state index is 13.5. The number of quaternary nitrogens is 1. The Morgan fingerprint density at radius 2 is 0.859 bits per heavy atom. The predicted octanol–water partition coefficient (Wildman–Crippen LogP) is 17.3. The van der Waals surface area contributed by atoms with Gasteiger partial charge in [-0.2, -0.15) is 0 Å². The molecule has 3 unspecified atom stereocenters. The van der Waals surface area contributed by atoms with E-state index in [4.69, 9.17) is 13.8 Å². The molecule has 414 valence electrons. The van der Waals surface area contributed by atoms with Gasteiger partial charge >= 0.3 is 5.97 Å². The van der Waals surface area contributed by atoms with Gasteiger partial charge < -0.3 is 28.5 Å². The molecule has 0 aliphatic carbocycles. The van der Waals surface area contributed by atoms with E-state index in [1.165, 1.54) is 135 Å². The summed E-state index contributed by atoms with van der Waals surface area (Å²) in [5.74, 6) is -0.569.